The van der Waals surface area contributed by atoms with E-state index < -0.39 is 0 Å². The van der Waals surface area contributed by atoms with Crippen molar-refractivity contribution in [2.24, 2.45) is 5.41 Å². The van der Waals surface area contributed by atoms with Crippen molar-refractivity contribution < 1.29 is 9.18 Å². The summed E-state index contributed by atoms with van der Waals surface area (Å²) in [6.45, 7) is 3.93. The molecule has 4 nitrogen and oxygen atoms in total. The molecule has 1 aromatic carbocycles. The zero-order chi connectivity index (χ0) is 19.3. The van der Waals surface area contributed by atoms with E-state index in [1.54, 1.807) is 6.07 Å². The number of hydrogen-bond acceptors (Lipinski definition) is 2. The van der Waals surface area contributed by atoms with Gasteiger partial charge in [0, 0.05) is 18.6 Å². The lowest BCUT2D eigenvalue weighted by atomic mass is 9.66. The van der Waals surface area contributed by atoms with Crippen molar-refractivity contribution in [2.75, 3.05) is 27.2 Å². The predicted octanol–water partition coefficient (Wildman–Crippen LogP) is 4.11. The van der Waals surface area contributed by atoms with Crippen LogP contribution >= 0.6 is 0 Å². The Labute approximate surface area is 162 Å². The summed E-state index contributed by atoms with van der Waals surface area (Å²) < 4.78 is 13.9. The second kappa shape index (κ2) is 6.47. The minimum Gasteiger partial charge on any atom is -0.336 e. The van der Waals surface area contributed by atoms with Crippen LogP contribution in [-0.4, -0.2) is 48.6 Å². The Kier molecular flexibility index (Phi) is 4.49. The lowest BCUT2D eigenvalue weighted by molar-refractivity contribution is 0.000216. The van der Waals surface area contributed by atoms with Crippen molar-refractivity contribution in [1.29, 1.82) is 0 Å². The maximum absolute atomic E-state index is 13.9. The van der Waals surface area contributed by atoms with Gasteiger partial charge in [0.2, 0.25) is 0 Å². The van der Waals surface area contributed by atoms with Crippen LogP contribution in [0.25, 0.3) is 0 Å². The molecule has 1 heterocycles. The van der Waals surface area contributed by atoms with Crippen LogP contribution < -0.4 is 5.32 Å². The molecule has 148 valence electrons. The standard InChI is InChI=1S/C22H32FN3O/c1-20(8-5-9-20)16-26-19(27)24-15-21(26)10-12-22(13-11-21,25(2)3)17-6-4-7-18(23)14-17/h4,6-7,14H,5,8-13,15-16H2,1-3H3,(H,24,27). The van der Waals surface area contributed by atoms with Gasteiger partial charge in [-0.2, -0.15) is 0 Å². The summed E-state index contributed by atoms with van der Waals surface area (Å²) in [6, 6.07) is 7.16. The summed E-state index contributed by atoms with van der Waals surface area (Å²) in [5.41, 5.74) is 1.10. The Morgan fingerprint density at radius 3 is 2.41 bits per heavy atom. The summed E-state index contributed by atoms with van der Waals surface area (Å²) in [4.78, 5) is 17.0. The van der Waals surface area contributed by atoms with Gasteiger partial charge in [0.15, 0.2) is 0 Å². The number of nitrogens with one attached hydrogen (secondary N) is 1. The van der Waals surface area contributed by atoms with Crippen LogP contribution in [0.3, 0.4) is 0 Å². The number of rotatable bonds is 4. The van der Waals surface area contributed by atoms with Crippen molar-refractivity contribution in [3.05, 3.63) is 35.6 Å². The van der Waals surface area contributed by atoms with Gasteiger partial charge >= 0.3 is 6.03 Å². The average molecular weight is 374 g/mol. The van der Waals surface area contributed by atoms with Crippen molar-refractivity contribution >= 4 is 6.03 Å². The molecular weight excluding hydrogens is 341 g/mol. The fourth-order valence-electron chi connectivity index (χ4n) is 5.55. The topological polar surface area (TPSA) is 35.6 Å². The molecule has 0 unspecified atom stereocenters. The van der Waals surface area contributed by atoms with Crippen LogP contribution in [0.4, 0.5) is 9.18 Å². The molecule has 2 saturated carbocycles. The average Bonchev–Trinajstić information content (AvgIpc) is 2.91. The third kappa shape index (κ3) is 3.04. The highest BCUT2D eigenvalue weighted by Crippen LogP contribution is 2.50. The zero-order valence-electron chi connectivity index (χ0n) is 16.9. The number of carbonyl (C=O) groups is 1. The molecule has 1 aliphatic heterocycles. The smallest absolute Gasteiger partial charge is 0.318 e. The van der Waals surface area contributed by atoms with Crippen LogP contribution in [0.1, 0.15) is 57.4 Å². The molecule has 2 amide bonds. The van der Waals surface area contributed by atoms with Gasteiger partial charge in [0.1, 0.15) is 5.82 Å². The first-order chi connectivity index (χ1) is 12.8. The summed E-state index contributed by atoms with van der Waals surface area (Å²) in [5.74, 6) is -0.175. The quantitative estimate of drug-likeness (QED) is 0.862. The molecule has 2 aliphatic carbocycles. The summed E-state index contributed by atoms with van der Waals surface area (Å²) >= 11 is 0. The van der Waals surface area contributed by atoms with Gasteiger partial charge in [0.25, 0.3) is 0 Å². The SMILES string of the molecule is CN(C)C1(c2cccc(F)c2)CCC2(CC1)CNC(=O)N2CC1(C)CCC1. The number of urea groups is 1. The molecule has 1 saturated heterocycles. The second-order valence-corrected chi connectivity index (χ2v) is 9.57. The zero-order valence-corrected chi connectivity index (χ0v) is 16.9. The predicted molar refractivity (Wildman–Crippen MR) is 105 cm³/mol. The normalized spacial score (nSPS) is 32.6. The Hall–Kier alpha value is -1.62. The third-order valence-corrected chi connectivity index (χ3v) is 7.71. The molecular formula is C22H32FN3O. The van der Waals surface area contributed by atoms with Crippen molar-refractivity contribution in [3.63, 3.8) is 0 Å². The lowest BCUT2D eigenvalue weighted by Crippen LogP contribution is -2.57. The minimum absolute atomic E-state index is 0.0808. The number of hydrogen-bond donors (Lipinski definition) is 1. The number of benzene rings is 1. The number of carbonyl (C=O) groups excluding carboxylic acids is 1. The van der Waals surface area contributed by atoms with Crippen LogP contribution in [0.15, 0.2) is 24.3 Å². The van der Waals surface area contributed by atoms with Crippen molar-refractivity contribution in [3.8, 4) is 0 Å². The highest BCUT2D eigenvalue weighted by Gasteiger charge is 2.53. The van der Waals surface area contributed by atoms with E-state index in [9.17, 15) is 9.18 Å². The number of amides is 2. The van der Waals surface area contributed by atoms with Gasteiger partial charge in [-0.15, -0.1) is 0 Å². The maximum atomic E-state index is 13.9. The van der Waals surface area contributed by atoms with E-state index >= 15 is 0 Å². The second-order valence-electron chi connectivity index (χ2n) is 9.57. The highest BCUT2D eigenvalue weighted by atomic mass is 19.1. The van der Waals surface area contributed by atoms with Crippen LogP contribution in [0, 0.1) is 11.2 Å². The fraction of sp³-hybridized carbons (Fsp3) is 0.682. The molecule has 5 heteroatoms. The number of nitrogens with zero attached hydrogens (tertiary/aromatic N) is 2. The Balaban J connectivity index is 1.58. The van der Waals surface area contributed by atoms with E-state index in [4.69, 9.17) is 0 Å². The molecule has 1 aromatic rings. The lowest BCUT2D eigenvalue weighted by Gasteiger charge is -2.53. The van der Waals surface area contributed by atoms with Crippen LogP contribution in [0.5, 0.6) is 0 Å². The van der Waals surface area contributed by atoms with E-state index in [0.29, 0.717) is 0 Å². The molecule has 27 heavy (non-hydrogen) atoms. The molecule has 1 N–H and O–H groups in total. The third-order valence-electron chi connectivity index (χ3n) is 7.71. The largest absolute Gasteiger partial charge is 0.336 e. The van der Waals surface area contributed by atoms with Gasteiger partial charge in [-0.1, -0.05) is 25.5 Å². The van der Waals surface area contributed by atoms with Crippen LogP contribution in [0.2, 0.25) is 0 Å². The summed E-state index contributed by atoms with van der Waals surface area (Å²) in [5, 5.41) is 3.12. The van der Waals surface area contributed by atoms with E-state index in [0.717, 1.165) is 44.3 Å². The fourth-order valence-corrected chi connectivity index (χ4v) is 5.55. The summed E-state index contributed by atoms with van der Waals surface area (Å²) in [6.07, 6.45) is 7.50. The van der Waals surface area contributed by atoms with Crippen LogP contribution in [-0.2, 0) is 5.54 Å². The van der Waals surface area contributed by atoms with E-state index in [1.165, 1.54) is 25.3 Å². The minimum atomic E-state index is -0.175. The first kappa shape index (κ1) is 18.7. The van der Waals surface area contributed by atoms with Gasteiger partial charge in [-0.05, 0) is 75.7 Å². The van der Waals surface area contributed by atoms with E-state index in [2.05, 4.69) is 36.1 Å². The molecule has 0 radical (unpaired) electrons. The molecule has 0 atom stereocenters. The molecule has 3 fully saturated rings. The van der Waals surface area contributed by atoms with Crippen molar-refractivity contribution in [2.45, 2.75) is 62.9 Å². The molecule has 1 spiro atoms. The monoisotopic (exact) mass is 373 g/mol. The van der Waals surface area contributed by atoms with E-state index in [1.807, 2.05) is 12.1 Å². The Bertz CT molecular complexity index is 720. The Morgan fingerprint density at radius 1 is 1.15 bits per heavy atom. The number of halogens is 1. The van der Waals surface area contributed by atoms with Gasteiger partial charge < -0.3 is 10.2 Å². The molecule has 0 aromatic heterocycles. The maximum Gasteiger partial charge on any atom is 0.318 e. The van der Waals surface area contributed by atoms with Gasteiger partial charge in [-0.25, -0.2) is 9.18 Å². The van der Waals surface area contributed by atoms with E-state index in [-0.39, 0.29) is 28.3 Å². The first-order valence-corrected chi connectivity index (χ1v) is 10.3. The van der Waals surface area contributed by atoms with Gasteiger partial charge in [-0.3, -0.25) is 4.90 Å². The summed E-state index contributed by atoms with van der Waals surface area (Å²) in [7, 11) is 4.18. The Morgan fingerprint density at radius 2 is 1.85 bits per heavy atom. The molecule has 4 rings (SSSR count). The highest BCUT2D eigenvalue weighted by molar-refractivity contribution is 5.78. The van der Waals surface area contributed by atoms with Crippen molar-refractivity contribution in [1.82, 2.24) is 15.1 Å². The van der Waals surface area contributed by atoms with Gasteiger partial charge in [0.05, 0.1) is 5.54 Å². The molecule has 0 bridgehead atoms. The molecule has 3 aliphatic rings. The first-order valence-electron chi connectivity index (χ1n) is 10.3.